The first-order chi connectivity index (χ1) is 9.75. The molecule has 112 valence electrons. The molecule has 0 saturated heterocycles. The molecule has 2 rings (SSSR count). The summed E-state index contributed by atoms with van der Waals surface area (Å²) < 4.78 is 52.0. The van der Waals surface area contributed by atoms with Crippen LogP contribution in [0.3, 0.4) is 0 Å². The molecule has 0 aliphatic heterocycles. The number of hydrogen-bond donors (Lipinski definition) is 1. The predicted molar refractivity (Wildman–Crippen MR) is 77.9 cm³/mol. The molecule has 0 amide bonds. The molecular weight excluding hydrogens is 374 g/mol. The maximum absolute atomic E-state index is 13.6. The fourth-order valence-electron chi connectivity index (χ4n) is 1.72. The Balaban J connectivity index is 2.18. The van der Waals surface area contributed by atoms with Gasteiger partial charge in [-0.2, -0.15) is 13.2 Å². The topological polar surface area (TPSA) is 12.0 Å². The molecule has 21 heavy (non-hydrogen) atoms. The van der Waals surface area contributed by atoms with Crippen molar-refractivity contribution in [3.05, 3.63) is 62.8 Å². The summed E-state index contributed by atoms with van der Waals surface area (Å²) in [5, 5.41) is 3.02. The van der Waals surface area contributed by atoms with Crippen LogP contribution in [0.1, 0.15) is 11.1 Å². The van der Waals surface area contributed by atoms with E-state index in [1.807, 2.05) is 0 Å². The van der Waals surface area contributed by atoms with Gasteiger partial charge < -0.3 is 5.32 Å². The van der Waals surface area contributed by atoms with Gasteiger partial charge in [0.2, 0.25) is 0 Å². The number of alkyl halides is 3. The minimum absolute atomic E-state index is 0.0523. The monoisotopic (exact) mass is 381 g/mol. The standard InChI is InChI=1S/C14H9BrClF4N/c15-10-3-9(14(18,19)20)4-12(5-10)21-7-8-1-2-11(16)6-13(8)17/h1-6,21H,7H2. The van der Waals surface area contributed by atoms with E-state index in [4.69, 9.17) is 11.6 Å². The molecule has 0 saturated carbocycles. The lowest BCUT2D eigenvalue weighted by atomic mass is 10.1. The summed E-state index contributed by atoms with van der Waals surface area (Å²) in [5.41, 5.74) is -0.227. The van der Waals surface area contributed by atoms with Crippen LogP contribution in [0.4, 0.5) is 23.2 Å². The zero-order chi connectivity index (χ0) is 15.6. The zero-order valence-electron chi connectivity index (χ0n) is 10.4. The van der Waals surface area contributed by atoms with E-state index in [0.717, 1.165) is 18.2 Å². The minimum Gasteiger partial charge on any atom is -0.381 e. The fourth-order valence-corrected chi connectivity index (χ4v) is 2.37. The molecule has 0 unspecified atom stereocenters. The summed E-state index contributed by atoms with van der Waals surface area (Å²) in [7, 11) is 0. The van der Waals surface area contributed by atoms with Gasteiger partial charge in [-0.1, -0.05) is 33.6 Å². The largest absolute Gasteiger partial charge is 0.416 e. The molecular formula is C14H9BrClF4N. The number of hydrogen-bond acceptors (Lipinski definition) is 1. The lowest BCUT2D eigenvalue weighted by molar-refractivity contribution is -0.137. The summed E-state index contributed by atoms with van der Waals surface area (Å²) in [4.78, 5) is 0. The van der Waals surface area contributed by atoms with E-state index < -0.39 is 17.6 Å². The van der Waals surface area contributed by atoms with E-state index in [1.54, 1.807) is 0 Å². The molecule has 0 aliphatic rings. The zero-order valence-corrected chi connectivity index (χ0v) is 12.8. The predicted octanol–water partition coefficient (Wildman–Crippen LogP) is 5.87. The van der Waals surface area contributed by atoms with E-state index in [9.17, 15) is 17.6 Å². The van der Waals surface area contributed by atoms with Gasteiger partial charge in [0.15, 0.2) is 0 Å². The van der Waals surface area contributed by atoms with Gasteiger partial charge in [-0.25, -0.2) is 4.39 Å². The molecule has 0 spiro atoms. The molecule has 2 aromatic carbocycles. The average Bonchev–Trinajstić information content (AvgIpc) is 2.36. The maximum atomic E-state index is 13.6. The van der Waals surface area contributed by atoms with Crippen molar-refractivity contribution >= 4 is 33.2 Å². The van der Waals surface area contributed by atoms with Crippen LogP contribution in [0.5, 0.6) is 0 Å². The molecule has 0 fully saturated rings. The molecule has 0 bridgehead atoms. The van der Waals surface area contributed by atoms with Crippen molar-refractivity contribution in [1.29, 1.82) is 0 Å². The highest BCUT2D eigenvalue weighted by Gasteiger charge is 2.31. The Labute approximate surface area is 132 Å². The highest BCUT2D eigenvalue weighted by molar-refractivity contribution is 9.10. The van der Waals surface area contributed by atoms with Gasteiger partial charge >= 0.3 is 6.18 Å². The molecule has 0 radical (unpaired) electrons. The molecule has 1 nitrogen and oxygen atoms in total. The third kappa shape index (κ3) is 4.35. The summed E-state index contributed by atoms with van der Waals surface area (Å²) in [6, 6.07) is 7.59. The minimum atomic E-state index is -4.44. The van der Waals surface area contributed by atoms with Crippen LogP contribution in [0.15, 0.2) is 40.9 Å². The Morgan fingerprint density at radius 1 is 1.10 bits per heavy atom. The fraction of sp³-hybridized carbons (Fsp3) is 0.143. The highest BCUT2D eigenvalue weighted by atomic mass is 79.9. The lowest BCUT2D eigenvalue weighted by Crippen LogP contribution is -2.07. The van der Waals surface area contributed by atoms with Gasteiger partial charge in [0, 0.05) is 27.3 Å². The Hall–Kier alpha value is -1.27. The van der Waals surface area contributed by atoms with Gasteiger partial charge in [0.1, 0.15) is 5.82 Å². The Morgan fingerprint density at radius 3 is 2.43 bits per heavy atom. The SMILES string of the molecule is Fc1cc(Cl)ccc1CNc1cc(Br)cc(C(F)(F)F)c1. The molecule has 0 heterocycles. The second-order valence-corrected chi connectivity index (χ2v) is 5.67. The number of halogens is 6. The lowest BCUT2D eigenvalue weighted by Gasteiger charge is -2.12. The van der Waals surface area contributed by atoms with Crippen molar-refractivity contribution in [1.82, 2.24) is 0 Å². The van der Waals surface area contributed by atoms with Gasteiger partial charge in [0.25, 0.3) is 0 Å². The van der Waals surface area contributed by atoms with Crippen molar-refractivity contribution in [3.63, 3.8) is 0 Å². The van der Waals surface area contributed by atoms with Gasteiger partial charge in [-0.3, -0.25) is 0 Å². The average molecular weight is 383 g/mol. The van der Waals surface area contributed by atoms with Crippen molar-refractivity contribution in [3.8, 4) is 0 Å². The summed E-state index contributed by atoms with van der Waals surface area (Å²) in [6.45, 7) is 0.0523. The van der Waals surface area contributed by atoms with Crippen LogP contribution in [-0.4, -0.2) is 0 Å². The summed E-state index contributed by atoms with van der Waals surface area (Å²) in [6.07, 6.45) is -4.44. The molecule has 0 aromatic heterocycles. The number of benzene rings is 2. The van der Waals surface area contributed by atoms with Crippen LogP contribution >= 0.6 is 27.5 Å². The normalized spacial score (nSPS) is 11.5. The van der Waals surface area contributed by atoms with Gasteiger partial charge in [-0.05, 0) is 30.3 Å². The molecule has 0 aliphatic carbocycles. The van der Waals surface area contributed by atoms with Crippen LogP contribution in [0.25, 0.3) is 0 Å². The first kappa shape index (κ1) is 16.1. The number of nitrogens with one attached hydrogen (secondary N) is 1. The smallest absolute Gasteiger partial charge is 0.381 e. The Kier molecular flexibility index (Phi) is 4.78. The van der Waals surface area contributed by atoms with E-state index in [1.165, 1.54) is 18.2 Å². The third-order valence-electron chi connectivity index (χ3n) is 2.72. The Morgan fingerprint density at radius 2 is 1.81 bits per heavy atom. The van der Waals surface area contributed by atoms with Crippen molar-refractivity contribution < 1.29 is 17.6 Å². The number of rotatable bonds is 3. The second-order valence-electron chi connectivity index (χ2n) is 4.32. The quantitative estimate of drug-likeness (QED) is 0.654. The van der Waals surface area contributed by atoms with E-state index in [2.05, 4.69) is 21.2 Å². The van der Waals surface area contributed by atoms with E-state index >= 15 is 0 Å². The van der Waals surface area contributed by atoms with Crippen LogP contribution in [0.2, 0.25) is 5.02 Å². The second kappa shape index (κ2) is 6.23. The van der Waals surface area contributed by atoms with Crippen molar-refractivity contribution in [2.75, 3.05) is 5.32 Å². The highest BCUT2D eigenvalue weighted by Crippen LogP contribution is 2.33. The molecule has 7 heteroatoms. The summed E-state index contributed by atoms with van der Waals surface area (Å²) >= 11 is 8.66. The Bertz CT molecular complexity index is 658. The van der Waals surface area contributed by atoms with Crippen molar-refractivity contribution in [2.24, 2.45) is 0 Å². The van der Waals surface area contributed by atoms with E-state index in [0.29, 0.717) is 5.56 Å². The molecule has 2 aromatic rings. The third-order valence-corrected chi connectivity index (χ3v) is 3.42. The van der Waals surface area contributed by atoms with E-state index in [-0.39, 0.29) is 21.7 Å². The molecule has 1 N–H and O–H groups in total. The van der Waals surface area contributed by atoms with Crippen LogP contribution in [-0.2, 0) is 12.7 Å². The van der Waals surface area contributed by atoms with Gasteiger partial charge in [0.05, 0.1) is 5.56 Å². The number of anilines is 1. The first-order valence-corrected chi connectivity index (χ1v) is 6.98. The van der Waals surface area contributed by atoms with Crippen LogP contribution < -0.4 is 5.32 Å². The maximum Gasteiger partial charge on any atom is 0.416 e. The van der Waals surface area contributed by atoms with Crippen LogP contribution in [0, 0.1) is 5.82 Å². The van der Waals surface area contributed by atoms with Crippen molar-refractivity contribution in [2.45, 2.75) is 12.7 Å². The summed E-state index contributed by atoms with van der Waals surface area (Å²) in [5.74, 6) is -0.513. The van der Waals surface area contributed by atoms with Gasteiger partial charge in [-0.15, -0.1) is 0 Å². The first-order valence-electron chi connectivity index (χ1n) is 5.81. The molecule has 0 atom stereocenters.